The molecule has 1 aliphatic rings. The first-order chi connectivity index (χ1) is 5.71. The first-order valence-corrected chi connectivity index (χ1v) is 4.24. The number of aryl methyl sites for hydroxylation is 1. The molecular weight excluding hydrogens is 156 g/mol. The van der Waals surface area contributed by atoms with Crippen molar-refractivity contribution in [2.24, 2.45) is 0 Å². The zero-order chi connectivity index (χ0) is 8.60. The number of hydrogen-bond acceptors (Lipinski definition) is 4. The van der Waals surface area contributed by atoms with Crippen LogP contribution in [0.15, 0.2) is 4.52 Å². The van der Waals surface area contributed by atoms with Gasteiger partial charge in [0.15, 0.2) is 5.82 Å². The van der Waals surface area contributed by atoms with Gasteiger partial charge in [-0.25, -0.2) is 0 Å². The Kier molecular flexibility index (Phi) is 1.65. The fourth-order valence-electron chi connectivity index (χ4n) is 1.66. The Labute approximate surface area is 70.6 Å². The van der Waals surface area contributed by atoms with Crippen molar-refractivity contribution in [1.29, 1.82) is 0 Å². The third-order valence-corrected chi connectivity index (χ3v) is 2.36. The van der Waals surface area contributed by atoms with Gasteiger partial charge in [-0.1, -0.05) is 5.16 Å². The third kappa shape index (κ3) is 1.12. The van der Waals surface area contributed by atoms with E-state index in [-0.39, 0.29) is 0 Å². The minimum absolute atomic E-state index is 0.387. The second kappa shape index (κ2) is 2.55. The average Bonchev–Trinajstić information content (AvgIpc) is 2.59. The lowest BCUT2D eigenvalue weighted by Crippen LogP contribution is -2.21. The normalized spacial score (nSPS) is 21.5. The lowest BCUT2D eigenvalue weighted by molar-refractivity contribution is 0.0112. The Hall–Kier alpha value is -0.900. The molecule has 0 amide bonds. The fourth-order valence-corrected chi connectivity index (χ4v) is 1.66. The molecule has 1 aromatic rings. The van der Waals surface area contributed by atoms with E-state index in [0.29, 0.717) is 11.7 Å². The maximum atomic E-state index is 9.98. The topological polar surface area (TPSA) is 59.2 Å². The van der Waals surface area contributed by atoms with Crippen molar-refractivity contribution < 1.29 is 9.63 Å². The Morgan fingerprint density at radius 3 is 2.58 bits per heavy atom. The van der Waals surface area contributed by atoms with E-state index in [1.807, 2.05) is 0 Å². The summed E-state index contributed by atoms with van der Waals surface area (Å²) in [6, 6.07) is 0. The van der Waals surface area contributed by atoms with Gasteiger partial charge in [0.25, 0.3) is 5.89 Å². The van der Waals surface area contributed by atoms with Gasteiger partial charge in [-0.15, -0.1) is 0 Å². The summed E-state index contributed by atoms with van der Waals surface area (Å²) in [5.74, 6) is 0.975. The summed E-state index contributed by atoms with van der Waals surface area (Å²) in [5, 5.41) is 13.6. The monoisotopic (exact) mass is 168 g/mol. The highest BCUT2D eigenvalue weighted by Gasteiger charge is 2.38. The van der Waals surface area contributed by atoms with Gasteiger partial charge < -0.3 is 9.63 Å². The van der Waals surface area contributed by atoms with Crippen molar-refractivity contribution >= 4 is 0 Å². The van der Waals surface area contributed by atoms with E-state index in [1.165, 1.54) is 0 Å². The minimum Gasteiger partial charge on any atom is -0.380 e. The van der Waals surface area contributed by atoms with Gasteiger partial charge in [0.2, 0.25) is 0 Å². The summed E-state index contributed by atoms with van der Waals surface area (Å²) in [6.45, 7) is 1.76. The summed E-state index contributed by atoms with van der Waals surface area (Å²) >= 11 is 0. The van der Waals surface area contributed by atoms with Crippen LogP contribution in [0.3, 0.4) is 0 Å². The maximum absolute atomic E-state index is 9.98. The number of hydrogen-bond donors (Lipinski definition) is 1. The highest BCUT2D eigenvalue weighted by Crippen LogP contribution is 2.37. The summed E-state index contributed by atoms with van der Waals surface area (Å²) < 4.78 is 4.94. The van der Waals surface area contributed by atoms with Crippen molar-refractivity contribution in [3.63, 3.8) is 0 Å². The van der Waals surface area contributed by atoms with Crippen LogP contribution >= 0.6 is 0 Å². The van der Waals surface area contributed by atoms with Crippen LogP contribution in [-0.4, -0.2) is 15.2 Å². The molecule has 2 rings (SSSR count). The minimum atomic E-state index is -0.832. The first-order valence-electron chi connectivity index (χ1n) is 4.24. The van der Waals surface area contributed by atoms with Gasteiger partial charge in [-0.3, -0.25) is 0 Å². The van der Waals surface area contributed by atoms with Crippen LogP contribution in [-0.2, 0) is 5.60 Å². The van der Waals surface area contributed by atoms with Crippen molar-refractivity contribution in [2.45, 2.75) is 38.2 Å². The maximum Gasteiger partial charge on any atom is 0.258 e. The molecule has 66 valence electrons. The zero-order valence-corrected chi connectivity index (χ0v) is 7.08. The molecule has 0 aromatic carbocycles. The van der Waals surface area contributed by atoms with Crippen LogP contribution in [0.1, 0.15) is 37.4 Å². The molecule has 1 aliphatic carbocycles. The molecule has 1 heterocycles. The first kappa shape index (κ1) is 7.73. The summed E-state index contributed by atoms with van der Waals surface area (Å²) in [4.78, 5) is 4.04. The van der Waals surface area contributed by atoms with Crippen LogP contribution in [0, 0.1) is 6.92 Å². The molecule has 1 fully saturated rings. The quantitative estimate of drug-likeness (QED) is 0.683. The van der Waals surface area contributed by atoms with Gasteiger partial charge in [-0.05, 0) is 32.6 Å². The summed E-state index contributed by atoms with van der Waals surface area (Å²) in [7, 11) is 0. The predicted molar refractivity (Wildman–Crippen MR) is 41.4 cm³/mol. The van der Waals surface area contributed by atoms with E-state index < -0.39 is 5.60 Å². The highest BCUT2D eigenvalue weighted by atomic mass is 16.5. The lowest BCUT2D eigenvalue weighted by atomic mass is 10.0. The van der Waals surface area contributed by atoms with Gasteiger partial charge in [-0.2, -0.15) is 4.98 Å². The number of nitrogens with zero attached hydrogens (tertiary/aromatic N) is 2. The van der Waals surface area contributed by atoms with Crippen LogP contribution < -0.4 is 0 Å². The van der Waals surface area contributed by atoms with Crippen molar-refractivity contribution in [3.8, 4) is 0 Å². The Morgan fingerprint density at radius 1 is 1.42 bits per heavy atom. The van der Waals surface area contributed by atoms with Gasteiger partial charge in [0, 0.05) is 0 Å². The molecule has 1 aromatic heterocycles. The molecule has 0 saturated heterocycles. The van der Waals surface area contributed by atoms with Crippen LogP contribution in [0.4, 0.5) is 0 Å². The molecule has 0 aliphatic heterocycles. The number of aliphatic hydroxyl groups is 1. The highest BCUT2D eigenvalue weighted by molar-refractivity contribution is 5.00. The molecule has 1 N–H and O–H groups in total. The Morgan fingerprint density at radius 2 is 2.08 bits per heavy atom. The molecule has 0 unspecified atom stereocenters. The van der Waals surface area contributed by atoms with Crippen LogP contribution in [0.2, 0.25) is 0 Å². The molecule has 4 heteroatoms. The van der Waals surface area contributed by atoms with E-state index in [9.17, 15) is 5.11 Å². The van der Waals surface area contributed by atoms with Crippen molar-refractivity contribution in [1.82, 2.24) is 10.1 Å². The predicted octanol–water partition coefficient (Wildman–Crippen LogP) is 1.14. The molecular formula is C8H12N2O2. The van der Waals surface area contributed by atoms with Gasteiger partial charge >= 0.3 is 0 Å². The van der Waals surface area contributed by atoms with Crippen LogP contribution in [0.25, 0.3) is 0 Å². The number of rotatable bonds is 1. The van der Waals surface area contributed by atoms with E-state index >= 15 is 0 Å². The SMILES string of the molecule is Cc1noc(C2(O)CCCC2)n1. The van der Waals surface area contributed by atoms with Gasteiger partial charge in [0.05, 0.1) is 0 Å². The summed E-state index contributed by atoms with van der Waals surface area (Å²) in [5.41, 5.74) is -0.832. The van der Waals surface area contributed by atoms with Gasteiger partial charge in [0.1, 0.15) is 5.60 Å². The van der Waals surface area contributed by atoms with Crippen molar-refractivity contribution in [2.75, 3.05) is 0 Å². The zero-order valence-electron chi connectivity index (χ0n) is 7.08. The molecule has 0 bridgehead atoms. The molecule has 0 atom stereocenters. The van der Waals surface area contributed by atoms with E-state index in [0.717, 1.165) is 25.7 Å². The Balaban J connectivity index is 2.28. The Bertz CT molecular complexity index is 276. The van der Waals surface area contributed by atoms with E-state index in [2.05, 4.69) is 10.1 Å². The standard InChI is InChI=1S/C8H12N2O2/c1-6-9-7(12-10-6)8(11)4-2-3-5-8/h11H,2-5H2,1H3. The second-order valence-electron chi connectivity index (χ2n) is 3.39. The molecule has 4 nitrogen and oxygen atoms in total. The average molecular weight is 168 g/mol. The molecule has 0 radical (unpaired) electrons. The smallest absolute Gasteiger partial charge is 0.258 e. The summed E-state index contributed by atoms with van der Waals surface area (Å²) in [6.07, 6.45) is 3.57. The molecule has 12 heavy (non-hydrogen) atoms. The fraction of sp³-hybridized carbons (Fsp3) is 0.750. The largest absolute Gasteiger partial charge is 0.380 e. The van der Waals surface area contributed by atoms with E-state index in [1.54, 1.807) is 6.92 Å². The molecule has 1 saturated carbocycles. The lowest BCUT2D eigenvalue weighted by Gasteiger charge is -2.15. The van der Waals surface area contributed by atoms with Crippen molar-refractivity contribution in [3.05, 3.63) is 11.7 Å². The van der Waals surface area contributed by atoms with Crippen LogP contribution in [0.5, 0.6) is 0 Å². The second-order valence-corrected chi connectivity index (χ2v) is 3.39. The third-order valence-electron chi connectivity index (χ3n) is 2.36. The number of aromatic nitrogens is 2. The molecule has 0 spiro atoms. The van der Waals surface area contributed by atoms with E-state index in [4.69, 9.17) is 4.52 Å².